The number of ether oxygens (including phenoxy) is 1. The van der Waals surface area contributed by atoms with Gasteiger partial charge in [0.2, 0.25) is 5.91 Å². The van der Waals surface area contributed by atoms with E-state index in [4.69, 9.17) is 10.5 Å². The normalized spacial score (nSPS) is 20.3. The van der Waals surface area contributed by atoms with Crippen LogP contribution in [0.5, 0.6) is 5.75 Å². The van der Waals surface area contributed by atoms with E-state index in [9.17, 15) is 4.79 Å². The zero-order chi connectivity index (χ0) is 20.3. The maximum Gasteiger partial charge on any atom is 0.223 e. The highest BCUT2D eigenvalue weighted by Gasteiger charge is 2.44. The van der Waals surface area contributed by atoms with E-state index in [0.29, 0.717) is 18.9 Å². The summed E-state index contributed by atoms with van der Waals surface area (Å²) in [4.78, 5) is 17.2. The van der Waals surface area contributed by atoms with Crippen molar-refractivity contribution >= 4 is 17.2 Å². The van der Waals surface area contributed by atoms with Gasteiger partial charge in [0.15, 0.2) is 0 Å². The summed E-state index contributed by atoms with van der Waals surface area (Å²) < 4.78 is 5.22. The van der Waals surface area contributed by atoms with Crippen LogP contribution >= 0.6 is 11.3 Å². The first kappa shape index (κ1) is 20.4. The lowest BCUT2D eigenvalue weighted by atomic mass is 9.77. The Morgan fingerprint density at radius 3 is 2.62 bits per heavy atom. The number of nitrogens with zero attached hydrogens (tertiary/aromatic N) is 2. The van der Waals surface area contributed by atoms with Crippen LogP contribution in [0.2, 0.25) is 0 Å². The average molecular weight is 414 g/mol. The van der Waals surface area contributed by atoms with Crippen LogP contribution in [0.3, 0.4) is 0 Å². The molecule has 29 heavy (non-hydrogen) atoms. The molecule has 0 bridgehead atoms. The molecular formula is C23H31N3O2S. The fourth-order valence-electron chi connectivity index (χ4n) is 4.64. The first-order chi connectivity index (χ1) is 14.1. The predicted octanol–water partition coefficient (Wildman–Crippen LogP) is 3.66. The lowest BCUT2D eigenvalue weighted by Gasteiger charge is -2.39. The lowest BCUT2D eigenvalue weighted by molar-refractivity contribution is -0.128. The standard InChI is InChI=1S/C23H31N3O2S/c1-28-20-4-2-18(3-5-20)15-26-17-23(14-22(26)27)8-11-25(12-9-23)10-6-21(24)19-7-13-29-16-19/h2-5,7,13,16,21H,6,8-12,14-15,17,24H2,1H3/t21-/m0/s1. The quantitative estimate of drug-likeness (QED) is 0.753. The Bertz CT molecular complexity index is 798. The number of hydrogen-bond donors (Lipinski definition) is 1. The number of nitrogens with two attached hydrogens (primary N) is 1. The Hall–Kier alpha value is -1.89. The highest BCUT2D eigenvalue weighted by molar-refractivity contribution is 7.07. The molecule has 0 radical (unpaired) electrons. The van der Waals surface area contributed by atoms with Gasteiger partial charge >= 0.3 is 0 Å². The zero-order valence-corrected chi connectivity index (χ0v) is 18.0. The number of carbonyl (C=O) groups is 1. The summed E-state index contributed by atoms with van der Waals surface area (Å²) in [6, 6.07) is 10.3. The fraction of sp³-hybridized carbons (Fsp3) is 0.522. The summed E-state index contributed by atoms with van der Waals surface area (Å²) in [6.45, 7) is 4.76. The zero-order valence-electron chi connectivity index (χ0n) is 17.2. The highest BCUT2D eigenvalue weighted by Crippen LogP contribution is 2.41. The molecule has 156 valence electrons. The van der Waals surface area contributed by atoms with Crippen molar-refractivity contribution in [3.05, 3.63) is 52.2 Å². The van der Waals surface area contributed by atoms with E-state index in [1.807, 2.05) is 17.0 Å². The monoisotopic (exact) mass is 413 g/mol. The summed E-state index contributed by atoms with van der Waals surface area (Å²) in [7, 11) is 1.67. The van der Waals surface area contributed by atoms with Crippen LogP contribution < -0.4 is 10.5 Å². The van der Waals surface area contributed by atoms with Crippen molar-refractivity contribution in [3.8, 4) is 5.75 Å². The van der Waals surface area contributed by atoms with Crippen LogP contribution in [-0.2, 0) is 11.3 Å². The van der Waals surface area contributed by atoms with Gasteiger partial charge in [-0.05, 0) is 84.4 Å². The summed E-state index contributed by atoms with van der Waals surface area (Å²) >= 11 is 1.71. The largest absolute Gasteiger partial charge is 0.497 e. The molecule has 6 heteroatoms. The molecule has 4 rings (SSSR count). The van der Waals surface area contributed by atoms with Gasteiger partial charge in [-0.2, -0.15) is 11.3 Å². The molecule has 1 aromatic carbocycles. The summed E-state index contributed by atoms with van der Waals surface area (Å²) in [6.07, 6.45) is 3.90. The average Bonchev–Trinajstić information content (AvgIpc) is 3.37. The maximum atomic E-state index is 12.7. The number of hydrogen-bond acceptors (Lipinski definition) is 5. The van der Waals surface area contributed by atoms with Gasteiger partial charge in [-0.25, -0.2) is 0 Å². The van der Waals surface area contributed by atoms with Crippen molar-refractivity contribution in [2.75, 3.05) is 33.3 Å². The molecular weight excluding hydrogens is 382 g/mol. The number of benzene rings is 1. The summed E-state index contributed by atoms with van der Waals surface area (Å²) in [5, 5.41) is 4.24. The van der Waals surface area contributed by atoms with E-state index in [-0.39, 0.29) is 11.5 Å². The molecule has 0 aliphatic carbocycles. The van der Waals surface area contributed by atoms with E-state index in [1.54, 1.807) is 18.4 Å². The molecule has 2 aromatic rings. The minimum atomic E-state index is 0.130. The third-order valence-corrected chi connectivity index (χ3v) is 7.28. The van der Waals surface area contributed by atoms with Crippen molar-refractivity contribution < 1.29 is 9.53 Å². The Morgan fingerprint density at radius 1 is 1.21 bits per heavy atom. The van der Waals surface area contributed by atoms with Crippen LogP contribution in [0.4, 0.5) is 0 Å². The van der Waals surface area contributed by atoms with Crippen molar-refractivity contribution in [1.82, 2.24) is 9.80 Å². The third kappa shape index (κ3) is 4.82. The number of methoxy groups -OCH3 is 1. The topological polar surface area (TPSA) is 58.8 Å². The van der Waals surface area contributed by atoms with E-state index in [0.717, 1.165) is 56.8 Å². The Labute approximate surface area is 177 Å². The van der Waals surface area contributed by atoms with Gasteiger partial charge in [0.1, 0.15) is 5.75 Å². The van der Waals surface area contributed by atoms with Crippen molar-refractivity contribution in [3.63, 3.8) is 0 Å². The summed E-state index contributed by atoms with van der Waals surface area (Å²) in [5.41, 5.74) is 8.90. The second kappa shape index (κ2) is 8.86. The van der Waals surface area contributed by atoms with Gasteiger partial charge in [0.05, 0.1) is 7.11 Å². The third-order valence-electron chi connectivity index (χ3n) is 6.58. The van der Waals surface area contributed by atoms with Gasteiger partial charge in [-0.3, -0.25) is 4.79 Å². The first-order valence-corrected chi connectivity index (χ1v) is 11.4. The Balaban J connectivity index is 1.26. The molecule has 2 N–H and O–H groups in total. The van der Waals surface area contributed by atoms with E-state index >= 15 is 0 Å². The van der Waals surface area contributed by atoms with Crippen LogP contribution in [0.15, 0.2) is 41.1 Å². The number of carbonyl (C=O) groups excluding carboxylic acids is 1. The number of rotatable bonds is 7. The van der Waals surface area contributed by atoms with E-state index < -0.39 is 0 Å². The molecule has 3 heterocycles. The number of piperidine rings is 1. The van der Waals surface area contributed by atoms with Crippen molar-refractivity contribution in [2.45, 2.75) is 38.3 Å². The number of amides is 1. The molecule has 2 saturated heterocycles. The van der Waals surface area contributed by atoms with Crippen LogP contribution in [0.25, 0.3) is 0 Å². The Kier molecular flexibility index (Phi) is 6.23. The van der Waals surface area contributed by atoms with E-state index in [2.05, 4.69) is 33.9 Å². The molecule has 1 spiro atoms. The van der Waals surface area contributed by atoms with Crippen LogP contribution in [0, 0.1) is 5.41 Å². The lowest BCUT2D eigenvalue weighted by Crippen LogP contribution is -2.42. The Morgan fingerprint density at radius 2 is 1.97 bits per heavy atom. The molecule has 2 fully saturated rings. The second-order valence-corrected chi connectivity index (χ2v) is 9.35. The molecule has 2 aliphatic heterocycles. The molecule has 1 aromatic heterocycles. The van der Waals surface area contributed by atoms with Gasteiger partial charge in [-0.15, -0.1) is 0 Å². The van der Waals surface area contributed by atoms with Gasteiger partial charge in [0.25, 0.3) is 0 Å². The van der Waals surface area contributed by atoms with Crippen molar-refractivity contribution in [2.24, 2.45) is 11.1 Å². The summed E-state index contributed by atoms with van der Waals surface area (Å²) in [5.74, 6) is 1.15. The number of likely N-dealkylation sites (tertiary alicyclic amines) is 2. The van der Waals surface area contributed by atoms with Crippen molar-refractivity contribution in [1.29, 1.82) is 0 Å². The van der Waals surface area contributed by atoms with Crippen LogP contribution in [-0.4, -0.2) is 49.0 Å². The molecule has 2 aliphatic rings. The minimum absolute atomic E-state index is 0.130. The first-order valence-electron chi connectivity index (χ1n) is 10.5. The smallest absolute Gasteiger partial charge is 0.223 e. The second-order valence-electron chi connectivity index (χ2n) is 8.57. The number of thiophene rings is 1. The molecule has 0 unspecified atom stereocenters. The minimum Gasteiger partial charge on any atom is -0.497 e. The molecule has 0 saturated carbocycles. The molecule has 1 amide bonds. The highest BCUT2D eigenvalue weighted by atomic mass is 32.1. The van der Waals surface area contributed by atoms with Gasteiger partial charge in [0, 0.05) is 25.6 Å². The van der Waals surface area contributed by atoms with Gasteiger partial charge in [-0.1, -0.05) is 12.1 Å². The predicted molar refractivity (Wildman–Crippen MR) is 117 cm³/mol. The fourth-order valence-corrected chi connectivity index (χ4v) is 5.36. The van der Waals surface area contributed by atoms with Gasteiger partial charge < -0.3 is 20.3 Å². The maximum absolute atomic E-state index is 12.7. The molecule has 1 atom stereocenters. The van der Waals surface area contributed by atoms with Crippen LogP contribution in [0.1, 0.15) is 42.9 Å². The molecule has 5 nitrogen and oxygen atoms in total. The SMILES string of the molecule is COc1ccc(CN2CC3(CCN(CC[C@H](N)c4ccsc4)CC3)CC2=O)cc1. The van der Waals surface area contributed by atoms with E-state index in [1.165, 1.54) is 5.56 Å².